The van der Waals surface area contributed by atoms with Crippen molar-refractivity contribution in [3.63, 3.8) is 0 Å². The number of rotatable bonds is 2. The van der Waals surface area contributed by atoms with E-state index in [0.717, 1.165) is 16.8 Å². The van der Waals surface area contributed by atoms with Gasteiger partial charge in [-0.05, 0) is 31.0 Å². The number of anilines is 1. The fourth-order valence-corrected chi connectivity index (χ4v) is 2.94. The molecule has 0 bridgehead atoms. The number of nitrogens with zero attached hydrogens (tertiary/aromatic N) is 4. The van der Waals surface area contributed by atoms with Gasteiger partial charge in [0.15, 0.2) is 0 Å². The van der Waals surface area contributed by atoms with Gasteiger partial charge >= 0.3 is 0 Å². The van der Waals surface area contributed by atoms with Gasteiger partial charge in [0.05, 0.1) is 23.2 Å². The Morgan fingerprint density at radius 1 is 1.32 bits per heavy atom. The molecule has 1 amide bonds. The highest BCUT2D eigenvalue weighted by atomic mass is 16.5. The molecule has 0 atom stereocenters. The number of hydrogen-bond acceptors (Lipinski definition) is 6. The lowest BCUT2D eigenvalue weighted by molar-refractivity contribution is 0.0975. The molecule has 7 nitrogen and oxygen atoms in total. The Kier molecular flexibility index (Phi) is 3.63. The summed E-state index contributed by atoms with van der Waals surface area (Å²) in [5.41, 5.74) is 3.27. The number of carbonyl (C=O) groups excluding carboxylic acids is 1. The van der Waals surface area contributed by atoms with Crippen molar-refractivity contribution in [1.82, 2.24) is 15.1 Å². The van der Waals surface area contributed by atoms with Gasteiger partial charge in [0, 0.05) is 11.9 Å². The van der Waals surface area contributed by atoms with Crippen molar-refractivity contribution in [2.45, 2.75) is 26.7 Å². The summed E-state index contributed by atoms with van der Waals surface area (Å²) in [6, 6.07) is 5.53. The first kappa shape index (κ1) is 15.6. The van der Waals surface area contributed by atoms with Crippen LogP contribution in [0.3, 0.4) is 0 Å². The van der Waals surface area contributed by atoms with Gasteiger partial charge in [-0.2, -0.15) is 0 Å². The normalized spacial score (nSPS) is 13.8. The minimum Gasteiger partial charge on any atom is -0.474 e. The van der Waals surface area contributed by atoms with Crippen molar-refractivity contribution in [3.8, 4) is 5.88 Å². The van der Waals surface area contributed by atoms with E-state index in [0.29, 0.717) is 36.0 Å². The molecule has 0 saturated carbocycles. The third kappa shape index (κ3) is 2.61. The zero-order valence-corrected chi connectivity index (χ0v) is 14.3. The van der Waals surface area contributed by atoms with E-state index in [2.05, 4.69) is 15.1 Å². The number of pyridine rings is 2. The standard InChI is InChI=1S/C18H18N4O3/c1-10(2)15-13-8-12(9-19-16(13)25-21-15)18(23)22-6-7-24-17-14(22)5-4-11(3)20-17/h4-5,8-10H,6-7H2,1-3H3. The molecule has 0 unspecified atom stereocenters. The highest BCUT2D eigenvalue weighted by Gasteiger charge is 2.27. The fraction of sp³-hybridized carbons (Fsp3) is 0.333. The third-order valence-corrected chi connectivity index (χ3v) is 4.22. The highest BCUT2D eigenvalue weighted by Crippen LogP contribution is 2.31. The summed E-state index contributed by atoms with van der Waals surface area (Å²) in [5.74, 6) is 0.534. The van der Waals surface area contributed by atoms with E-state index in [1.54, 1.807) is 11.0 Å². The van der Waals surface area contributed by atoms with E-state index in [9.17, 15) is 4.79 Å². The van der Waals surface area contributed by atoms with Crippen LogP contribution in [0.1, 0.15) is 41.5 Å². The molecular weight excluding hydrogens is 320 g/mol. The second-order valence-corrected chi connectivity index (χ2v) is 6.38. The van der Waals surface area contributed by atoms with Crippen molar-refractivity contribution >= 4 is 22.7 Å². The van der Waals surface area contributed by atoms with E-state index in [1.165, 1.54) is 6.20 Å². The van der Waals surface area contributed by atoms with Gasteiger partial charge in [-0.1, -0.05) is 19.0 Å². The molecule has 3 aromatic heterocycles. The second-order valence-electron chi connectivity index (χ2n) is 6.38. The smallest absolute Gasteiger partial charge is 0.260 e. The van der Waals surface area contributed by atoms with E-state index >= 15 is 0 Å². The van der Waals surface area contributed by atoms with Gasteiger partial charge in [-0.25, -0.2) is 9.97 Å². The monoisotopic (exact) mass is 338 g/mol. The molecule has 25 heavy (non-hydrogen) atoms. The Hall–Kier alpha value is -2.96. The van der Waals surface area contributed by atoms with Crippen LogP contribution in [0.15, 0.2) is 28.9 Å². The number of aromatic nitrogens is 3. The lowest BCUT2D eigenvalue weighted by Crippen LogP contribution is -2.38. The Bertz CT molecular complexity index is 964. The largest absolute Gasteiger partial charge is 0.474 e. The molecule has 4 heterocycles. The van der Waals surface area contributed by atoms with Crippen LogP contribution in [0.4, 0.5) is 5.69 Å². The number of ether oxygens (including phenoxy) is 1. The molecule has 0 aliphatic carbocycles. The first-order valence-electron chi connectivity index (χ1n) is 8.22. The van der Waals surface area contributed by atoms with E-state index in [-0.39, 0.29) is 11.8 Å². The molecular formula is C18H18N4O3. The SMILES string of the molecule is Cc1ccc2c(n1)OCCN2C(=O)c1cnc2onc(C(C)C)c2c1. The molecule has 0 aromatic carbocycles. The summed E-state index contributed by atoms with van der Waals surface area (Å²) in [5, 5.41) is 4.84. The predicted octanol–water partition coefficient (Wildman–Crippen LogP) is 3.09. The maximum absolute atomic E-state index is 13.0. The van der Waals surface area contributed by atoms with Crippen LogP contribution in [0.25, 0.3) is 11.1 Å². The number of amides is 1. The Balaban J connectivity index is 1.75. The topological polar surface area (TPSA) is 81.4 Å². The number of carbonyl (C=O) groups is 1. The van der Waals surface area contributed by atoms with E-state index < -0.39 is 0 Å². The molecule has 7 heteroatoms. The quantitative estimate of drug-likeness (QED) is 0.714. The zero-order valence-electron chi connectivity index (χ0n) is 14.3. The van der Waals surface area contributed by atoms with Crippen LogP contribution < -0.4 is 9.64 Å². The van der Waals surface area contributed by atoms with Gasteiger partial charge in [0.1, 0.15) is 12.3 Å². The van der Waals surface area contributed by atoms with Crippen molar-refractivity contribution in [3.05, 3.63) is 41.3 Å². The van der Waals surface area contributed by atoms with E-state index in [4.69, 9.17) is 9.26 Å². The zero-order chi connectivity index (χ0) is 17.6. The molecule has 1 aliphatic heterocycles. The van der Waals surface area contributed by atoms with Crippen LogP contribution in [-0.2, 0) is 0 Å². The maximum Gasteiger partial charge on any atom is 0.260 e. The van der Waals surface area contributed by atoms with Crippen LogP contribution in [0.2, 0.25) is 0 Å². The lowest BCUT2D eigenvalue weighted by Gasteiger charge is -2.28. The maximum atomic E-state index is 13.0. The molecule has 0 fully saturated rings. The lowest BCUT2D eigenvalue weighted by atomic mass is 10.1. The Labute approximate surface area is 144 Å². The van der Waals surface area contributed by atoms with Crippen molar-refractivity contribution < 1.29 is 14.1 Å². The van der Waals surface area contributed by atoms with Crippen LogP contribution in [0.5, 0.6) is 5.88 Å². The predicted molar refractivity (Wildman–Crippen MR) is 92.0 cm³/mol. The Morgan fingerprint density at radius 3 is 2.96 bits per heavy atom. The van der Waals surface area contributed by atoms with Gasteiger partial charge in [-0.3, -0.25) is 4.79 Å². The molecule has 4 rings (SSSR count). The van der Waals surface area contributed by atoms with Crippen LogP contribution in [-0.4, -0.2) is 34.2 Å². The van der Waals surface area contributed by atoms with Gasteiger partial charge in [0.25, 0.3) is 11.6 Å². The first-order chi connectivity index (χ1) is 12.0. The molecule has 128 valence electrons. The average molecular weight is 338 g/mol. The van der Waals surface area contributed by atoms with Crippen molar-refractivity contribution in [2.24, 2.45) is 0 Å². The molecule has 0 N–H and O–H groups in total. The van der Waals surface area contributed by atoms with Crippen LogP contribution in [0, 0.1) is 6.92 Å². The highest BCUT2D eigenvalue weighted by molar-refractivity contribution is 6.08. The summed E-state index contributed by atoms with van der Waals surface area (Å²) < 4.78 is 10.8. The molecule has 1 aliphatic rings. The molecule has 0 radical (unpaired) electrons. The van der Waals surface area contributed by atoms with Crippen LogP contribution >= 0.6 is 0 Å². The fourth-order valence-electron chi connectivity index (χ4n) is 2.94. The number of aryl methyl sites for hydroxylation is 1. The third-order valence-electron chi connectivity index (χ3n) is 4.22. The first-order valence-corrected chi connectivity index (χ1v) is 8.22. The summed E-state index contributed by atoms with van der Waals surface area (Å²) in [6.45, 7) is 6.82. The average Bonchev–Trinajstić information content (AvgIpc) is 3.03. The number of hydrogen-bond donors (Lipinski definition) is 0. The summed E-state index contributed by atoms with van der Waals surface area (Å²) in [6.07, 6.45) is 1.52. The van der Waals surface area contributed by atoms with E-state index in [1.807, 2.05) is 32.9 Å². The van der Waals surface area contributed by atoms with Gasteiger partial charge in [0.2, 0.25) is 5.88 Å². The van der Waals surface area contributed by atoms with Crippen molar-refractivity contribution in [1.29, 1.82) is 0 Å². The van der Waals surface area contributed by atoms with Crippen molar-refractivity contribution in [2.75, 3.05) is 18.1 Å². The summed E-state index contributed by atoms with van der Waals surface area (Å²) in [7, 11) is 0. The Morgan fingerprint density at radius 2 is 2.16 bits per heavy atom. The molecule has 0 spiro atoms. The summed E-state index contributed by atoms with van der Waals surface area (Å²) in [4.78, 5) is 23.3. The van der Waals surface area contributed by atoms with Gasteiger partial charge in [-0.15, -0.1) is 0 Å². The summed E-state index contributed by atoms with van der Waals surface area (Å²) >= 11 is 0. The minimum atomic E-state index is -0.138. The number of fused-ring (bicyclic) bond motifs is 2. The molecule has 3 aromatic rings. The van der Waals surface area contributed by atoms with Gasteiger partial charge < -0.3 is 14.2 Å². The molecule has 0 saturated heterocycles. The second kappa shape index (κ2) is 5.84. The minimum absolute atomic E-state index is 0.138.